The van der Waals surface area contributed by atoms with Gasteiger partial charge in [-0.25, -0.2) is 9.97 Å². The van der Waals surface area contributed by atoms with Crippen molar-refractivity contribution in [3.05, 3.63) is 52.3 Å². The standard InChI is InChI=1S/C19H17Cl2N3/c1-12-22-18-10-13(14-8-15(20)11-16(21)9-14)4-5-17(18)19(23-12)24-6-2-3-7-24/h4-5,8-11H,2-3,6-7H2,1H3. The molecule has 1 saturated heterocycles. The van der Waals surface area contributed by atoms with E-state index in [2.05, 4.69) is 33.1 Å². The third-order valence-electron chi connectivity index (χ3n) is 4.39. The third-order valence-corrected chi connectivity index (χ3v) is 4.83. The molecule has 0 atom stereocenters. The van der Waals surface area contributed by atoms with E-state index in [0.29, 0.717) is 10.0 Å². The Hall–Kier alpha value is -1.84. The first-order valence-corrected chi connectivity index (χ1v) is 8.85. The fraction of sp³-hybridized carbons (Fsp3) is 0.263. The van der Waals surface area contributed by atoms with Crippen molar-refractivity contribution in [3.63, 3.8) is 0 Å². The fourth-order valence-electron chi connectivity index (χ4n) is 3.30. The summed E-state index contributed by atoms with van der Waals surface area (Å²) in [5, 5.41) is 2.36. The number of nitrogens with zero attached hydrogens (tertiary/aromatic N) is 3. The molecule has 24 heavy (non-hydrogen) atoms. The molecular formula is C19H17Cl2N3. The van der Waals surface area contributed by atoms with Gasteiger partial charge >= 0.3 is 0 Å². The van der Waals surface area contributed by atoms with Crippen molar-refractivity contribution in [1.82, 2.24) is 9.97 Å². The van der Waals surface area contributed by atoms with Crippen molar-refractivity contribution in [1.29, 1.82) is 0 Å². The highest BCUT2D eigenvalue weighted by molar-refractivity contribution is 6.35. The molecule has 0 spiro atoms. The Morgan fingerprint density at radius 3 is 2.29 bits per heavy atom. The average molecular weight is 358 g/mol. The topological polar surface area (TPSA) is 29.0 Å². The number of fused-ring (bicyclic) bond motifs is 1. The van der Waals surface area contributed by atoms with E-state index in [4.69, 9.17) is 23.2 Å². The zero-order valence-corrected chi connectivity index (χ0v) is 14.9. The molecule has 3 aromatic rings. The van der Waals surface area contributed by atoms with E-state index in [1.54, 1.807) is 6.07 Å². The highest BCUT2D eigenvalue weighted by atomic mass is 35.5. The molecule has 1 aromatic heterocycles. The minimum absolute atomic E-state index is 0.634. The lowest BCUT2D eigenvalue weighted by atomic mass is 10.0. The molecule has 2 aromatic carbocycles. The number of hydrogen-bond donors (Lipinski definition) is 0. The van der Waals surface area contributed by atoms with Gasteiger partial charge in [0.15, 0.2) is 0 Å². The smallest absolute Gasteiger partial charge is 0.140 e. The molecule has 0 bridgehead atoms. The lowest BCUT2D eigenvalue weighted by Gasteiger charge is -2.19. The maximum absolute atomic E-state index is 6.14. The molecule has 0 saturated carbocycles. The molecule has 1 aliphatic heterocycles. The molecule has 1 fully saturated rings. The van der Waals surface area contributed by atoms with Gasteiger partial charge in [-0.15, -0.1) is 0 Å². The van der Waals surface area contributed by atoms with Gasteiger partial charge in [0.2, 0.25) is 0 Å². The Balaban J connectivity index is 1.86. The second-order valence-corrected chi connectivity index (χ2v) is 7.05. The lowest BCUT2D eigenvalue weighted by Crippen LogP contribution is -2.20. The summed E-state index contributed by atoms with van der Waals surface area (Å²) in [6, 6.07) is 11.9. The predicted molar refractivity (Wildman–Crippen MR) is 101 cm³/mol. The normalized spacial score (nSPS) is 14.5. The maximum atomic E-state index is 6.14. The number of anilines is 1. The first kappa shape index (κ1) is 15.7. The fourth-order valence-corrected chi connectivity index (χ4v) is 3.82. The van der Waals surface area contributed by atoms with Gasteiger partial charge in [0.25, 0.3) is 0 Å². The van der Waals surface area contributed by atoms with E-state index in [1.807, 2.05) is 19.1 Å². The summed E-state index contributed by atoms with van der Waals surface area (Å²) in [6.07, 6.45) is 2.45. The first-order chi connectivity index (χ1) is 11.6. The van der Waals surface area contributed by atoms with Crippen LogP contribution in [0.25, 0.3) is 22.0 Å². The number of rotatable bonds is 2. The molecule has 3 nitrogen and oxygen atoms in total. The molecule has 122 valence electrons. The van der Waals surface area contributed by atoms with Crippen LogP contribution in [0.4, 0.5) is 5.82 Å². The number of halogens is 2. The predicted octanol–water partition coefficient (Wildman–Crippen LogP) is 5.51. The van der Waals surface area contributed by atoms with Crippen LogP contribution in [0, 0.1) is 6.92 Å². The molecular weight excluding hydrogens is 341 g/mol. The van der Waals surface area contributed by atoms with Crippen LogP contribution in [-0.4, -0.2) is 23.1 Å². The Morgan fingerprint density at radius 1 is 0.875 bits per heavy atom. The number of aryl methyl sites for hydroxylation is 1. The average Bonchev–Trinajstić information content (AvgIpc) is 3.06. The van der Waals surface area contributed by atoms with Gasteiger partial charge in [-0.3, -0.25) is 0 Å². The monoisotopic (exact) mass is 357 g/mol. The summed E-state index contributed by atoms with van der Waals surface area (Å²) in [6.45, 7) is 4.08. The molecule has 0 N–H and O–H groups in total. The molecule has 0 unspecified atom stereocenters. The summed E-state index contributed by atoms with van der Waals surface area (Å²) in [4.78, 5) is 11.7. The third kappa shape index (κ3) is 2.94. The number of hydrogen-bond acceptors (Lipinski definition) is 3. The molecule has 0 radical (unpaired) electrons. The SMILES string of the molecule is Cc1nc(N2CCCC2)c2ccc(-c3cc(Cl)cc(Cl)c3)cc2n1. The Bertz CT molecular complexity index is 898. The van der Waals surface area contributed by atoms with E-state index in [0.717, 1.165) is 46.8 Å². The van der Waals surface area contributed by atoms with Gasteiger partial charge in [-0.2, -0.15) is 0 Å². The molecule has 2 heterocycles. The van der Waals surface area contributed by atoms with Gasteiger partial charge < -0.3 is 4.90 Å². The van der Waals surface area contributed by atoms with Gasteiger partial charge in [-0.05, 0) is 61.2 Å². The Kier molecular flexibility index (Phi) is 4.07. The second kappa shape index (κ2) is 6.23. The van der Waals surface area contributed by atoms with Crippen LogP contribution in [0.3, 0.4) is 0 Å². The van der Waals surface area contributed by atoms with E-state index in [1.165, 1.54) is 12.8 Å². The number of aromatic nitrogens is 2. The van der Waals surface area contributed by atoms with Crippen LogP contribution in [0.1, 0.15) is 18.7 Å². The van der Waals surface area contributed by atoms with Crippen molar-refractivity contribution in [3.8, 4) is 11.1 Å². The van der Waals surface area contributed by atoms with Crippen molar-refractivity contribution < 1.29 is 0 Å². The highest BCUT2D eigenvalue weighted by Crippen LogP contribution is 2.32. The van der Waals surface area contributed by atoms with Crippen molar-refractivity contribution in [2.45, 2.75) is 19.8 Å². The van der Waals surface area contributed by atoms with Crippen LogP contribution in [-0.2, 0) is 0 Å². The van der Waals surface area contributed by atoms with Crippen LogP contribution in [0.15, 0.2) is 36.4 Å². The molecule has 0 aliphatic carbocycles. The zero-order chi connectivity index (χ0) is 16.7. The minimum Gasteiger partial charge on any atom is -0.356 e. The Labute approximate surface area is 151 Å². The van der Waals surface area contributed by atoms with E-state index >= 15 is 0 Å². The highest BCUT2D eigenvalue weighted by Gasteiger charge is 2.17. The quantitative estimate of drug-likeness (QED) is 0.605. The summed E-state index contributed by atoms with van der Waals surface area (Å²) in [7, 11) is 0. The lowest BCUT2D eigenvalue weighted by molar-refractivity contribution is 0.925. The molecule has 0 amide bonds. The van der Waals surface area contributed by atoms with Gasteiger partial charge in [0, 0.05) is 28.5 Å². The first-order valence-electron chi connectivity index (χ1n) is 8.10. The van der Waals surface area contributed by atoms with E-state index < -0.39 is 0 Å². The summed E-state index contributed by atoms with van der Waals surface area (Å²) < 4.78 is 0. The summed E-state index contributed by atoms with van der Waals surface area (Å²) in [5.41, 5.74) is 3.00. The Morgan fingerprint density at radius 2 is 1.58 bits per heavy atom. The minimum atomic E-state index is 0.634. The maximum Gasteiger partial charge on any atom is 0.140 e. The number of benzene rings is 2. The summed E-state index contributed by atoms with van der Waals surface area (Å²) in [5.74, 6) is 1.84. The van der Waals surface area contributed by atoms with Crippen LogP contribution in [0.2, 0.25) is 10.0 Å². The van der Waals surface area contributed by atoms with Crippen LogP contribution in [0.5, 0.6) is 0 Å². The van der Waals surface area contributed by atoms with Crippen molar-refractivity contribution >= 4 is 39.9 Å². The molecule has 5 heteroatoms. The van der Waals surface area contributed by atoms with Crippen LogP contribution < -0.4 is 4.90 Å². The van der Waals surface area contributed by atoms with Gasteiger partial charge in [-0.1, -0.05) is 29.3 Å². The molecule has 4 rings (SSSR count). The van der Waals surface area contributed by atoms with E-state index in [9.17, 15) is 0 Å². The summed E-state index contributed by atoms with van der Waals surface area (Å²) >= 11 is 12.3. The van der Waals surface area contributed by atoms with Crippen molar-refractivity contribution in [2.75, 3.05) is 18.0 Å². The second-order valence-electron chi connectivity index (χ2n) is 6.18. The van der Waals surface area contributed by atoms with Gasteiger partial charge in [0.05, 0.1) is 5.52 Å². The van der Waals surface area contributed by atoms with Gasteiger partial charge in [0.1, 0.15) is 11.6 Å². The van der Waals surface area contributed by atoms with Crippen molar-refractivity contribution in [2.24, 2.45) is 0 Å². The zero-order valence-electron chi connectivity index (χ0n) is 13.4. The van der Waals surface area contributed by atoms with Crippen LogP contribution >= 0.6 is 23.2 Å². The molecule has 1 aliphatic rings. The van der Waals surface area contributed by atoms with E-state index in [-0.39, 0.29) is 0 Å². The largest absolute Gasteiger partial charge is 0.356 e.